The topological polar surface area (TPSA) is 59.0 Å². The molecule has 1 aliphatic rings. The number of esters is 1. The molecule has 0 aromatic heterocycles. The van der Waals surface area contributed by atoms with Crippen LogP contribution in [0.3, 0.4) is 0 Å². The molecule has 0 N–H and O–H groups in total. The number of hydrogen-bond acceptors (Lipinski definition) is 5. The summed E-state index contributed by atoms with van der Waals surface area (Å²) in [4.78, 5) is 30.9. The highest BCUT2D eigenvalue weighted by Gasteiger charge is 2.30. The number of nitrogens with zero attached hydrogens (tertiary/aromatic N) is 2. The maximum Gasteiger partial charge on any atom is 0.338 e. The molecule has 1 heterocycles. The number of thioether (sulfide) groups is 1. The highest BCUT2D eigenvalue weighted by molar-refractivity contribution is 8.18. The monoisotopic (exact) mass is 380 g/mol. The second kappa shape index (κ2) is 8.22. The quantitative estimate of drug-likeness (QED) is 0.582. The van der Waals surface area contributed by atoms with Crippen molar-refractivity contribution in [3.63, 3.8) is 0 Å². The van der Waals surface area contributed by atoms with Gasteiger partial charge in [0, 0.05) is 7.05 Å². The van der Waals surface area contributed by atoms with Crippen molar-refractivity contribution in [2.45, 2.75) is 13.8 Å². The average Bonchev–Trinajstić information content (AvgIpc) is 2.92. The number of likely N-dealkylation sites (N-methyl/N-ethyl adjacent to an activating group) is 1. The summed E-state index contributed by atoms with van der Waals surface area (Å²) in [5.41, 5.74) is 3.30. The van der Waals surface area contributed by atoms with E-state index < -0.39 is 0 Å². The Bertz CT molecular complexity index is 915. The molecule has 2 aromatic rings. The van der Waals surface area contributed by atoms with Crippen molar-refractivity contribution in [3.8, 4) is 0 Å². The van der Waals surface area contributed by atoms with Crippen LogP contribution >= 0.6 is 11.8 Å². The van der Waals surface area contributed by atoms with E-state index in [1.54, 1.807) is 38.2 Å². The molecule has 5 nitrogen and oxygen atoms in total. The van der Waals surface area contributed by atoms with Crippen LogP contribution in [0.4, 0.5) is 5.69 Å². The van der Waals surface area contributed by atoms with E-state index in [1.807, 2.05) is 37.3 Å². The Morgan fingerprint density at radius 3 is 2.44 bits per heavy atom. The zero-order chi connectivity index (χ0) is 19.4. The molecule has 1 fully saturated rings. The maximum absolute atomic E-state index is 12.5. The predicted molar refractivity (Wildman–Crippen MR) is 109 cm³/mol. The average molecular weight is 380 g/mol. The zero-order valence-electron chi connectivity index (χ0n) is 15.4. The summed E-state index contributed by atoms with van der Waals surface area (Å²) in [6.45, 7) is 4.13. The summed E-state index contributed by atoms with van der Waals surface area (Å²) in [6, 6.07) is 14.8. The van der Waals surface area contributed by atoms with E-state index >= 15 is 0 Å². The van der Waals surface area contributed by atoms with Crippen molar-refractivity contribution in [1.82, 2.24) is 4.90 Å². The molecule has 0 radical (unpaired) electrons. The van der Waals surface area contributed by atoms with E-state index in [1.165, 1.54) is 22.2 Å². The van der Waals surface area contributed by atoms with E-state index in [9.17, 15) is 9.59 Å². The minimum absolute atomic E-state index is 0.0810. The van der Waals surface area contributed by atoms with E-state index in [0.717, 1.165) is 5.56 Å². The first kappa shape index (κ1) is 18.9. The molecule has 1 saturated heterocycles. The van der Waals surface area contributed by atoms with Gasteiger partial charge < -0.3 is 4.74 Å². The standard InChI is InChI=1S/C21H20N2O3S/c1-4-26-20(25)16-9-11-17(12-10-16)22-21-23(3)19(24)18(27-21)13-15-7-5-14(2)6-8-15/h5-13H,4H2,1-3H3. The lowest BCUT2D eigenvalue weighted by molar-refractivity contribution is -0.121. The normalized spacial score (nSPS) is 17.0. The lowest BCUT2D eigenvalue weighted by Crippen LogP contribution is -2.23. The fraction of sp³-hybridized carbons (Fsp3) is 0.190. The highest BCUT2D eigenvalue weighted by atomic mass is 32.2. The molecule has 27 heavy (non-hydrogen) atoms. The molecule has 6 heteroatoms. The molecule has 1 aliphatic heterocycles. The second-order valence-corrected chi connectivity index (χ2v) is 7.06. The third kappa shape index (κ3) is 4.46. The van der Waals surface area contributed by atoms with Gasteiger partial charge in [-0.05, 0) is 61.5 Å². The van der Waals surface area contributed by atoms with Crippen molar-refractivity contribution in [3.05, 3.63) is 70.1 Å². The lowest BCUT2D eigenvalue weighted by atomic mass is 10.1. The Hall–Kier alpha value is -2.86. The summed E-state index contributed by atoms with van der Waals surface area (Å²) in [7, 11) is 1.71. The number of benzene rings is 2. The molecule has 0 bridgehead atoms. The van der Waals surface area contributed by atoms with Crippen LogP contribution in [0.5, 0.6) is 0 Å². The van der Waals surface area contributed by atoms with E-state index in [-0.39, 0.29) is 11.9 Å². The number of ether oxygens (including phenoxy) is 1. The number of aliphatic imine (C=N–C) groups is 1. The summed E-state index contributed by atoms with van der Waals surface area (Å²) < 4.78 is 4.97. The molecule has 0 atom stereocenters. The van der Waals surface area contributed by atoms with Crippen molar-refractivity contribution in [2.24, 2.45) is 4.99 Å². The van der Waals surface area contributed by atoms with Crippen molar-refractivity contribution in [1.29, 1.82) is 0 Å². The van der Waals surface area contributed by atoms with Crippen LogP contribution in [0.25, 0.3) is 6.08 Å². The highest BCUT2D eigenvalue weighted by Crippen LogP contribution is 2.33. The molecular formula is C21H20N2O3S. The van der Waals surface area contributed by atoms with Gasteiger partial charge in [0.2, 0.25) is 0 Å². The van der Waals surface area contributed by atoms with Gasteiger partial charge in [0.15, 0.2) is 5.17 Å². The molecule has 0 unspecified atom stereocenters. The third-order valence-corrected chi connectivity index (χ3v) is 5.04. The van der Waals surface area contributed by atoms with Crippen molar-refractivity contribution in [2.75, 3.05) is 13.7 Å². The Balaban J connectivity index is 1.79. The maximum atomic E-state index is 12.5. The first-order valence-corrected chi connectivity index (χ1v) is 9.39. The Morgan fingerprint density at radius 1 is 1.15 bits per heavy atom. The van der Waals surface area contributed by atoms with Crippen LogP contribution < -0.4 is 0 Å². The first-order valence-electron chi connectivity index (χ1n) is 8.58. The molecule has 0 spiro atoms. The van der Waals surface area contributed by atoms with Gasteiger partial charge in [-0.15, -0.1) is 0 Å². The van der Waals surface area contributed by atoms with Gasteiger partial charge in [-0.3, -0.25) is 9.69 Å². The van der Waals surface area contributed by atoms with Crippen LogP contribution in [-0.4, -0.2) is 35.6 Å². The van der Waals surface area contributed by atoms with Crippen LogP contribution in [0.1, 0.15) is 28.4 Å². The van der Waals surface area contributed by atoms with Crippen molar-refractivity contribution < 1.29 is 14.3 Å². The molecule has 0 saturated carbocycles. The molecular weight excluding hydrogens is 360 g/mol. The number of amides is 1. The smallest absolute Gasteiger partial charge is 0.338 e. The second-order valence-electron chi connectivity index (χ2n) is 6.05. The summed E-state index contributed by atoms with van der Waals surface area (Å²) in [5, 5.41) is 0.599. The summed E-state index contributed by atoms with van der Waals surface area (Å²) in [5.74, 6) is -0.440. The van der Waals surface area contributed by atoms with Gasteiger partial charge in [-0.1, -0.05) is 29.8 Å². The minimum atomic E-state index is -0.359. The number of carbonyl (C=O) groups is 2. The fourth-order valence-electron chi connectivity index (χ4n) is 2.46. The number of amidine groups is 1. The van der Waals surface area contributed by atoms with Gasteiger partial charge in [-0.25, -0.2) is 9.79 Å². The first-order chi connectivity index (χ1) is 13.0. The largest absolute Gasteiger partial charge is 0.462 e. The summed E-state index contributed by atoms with van der Waals surface area (Å²) in [6.07, 6.45) is 1.87. The SMILES string of the molecule is CCOC(=O)c1ccc(N=C2SC(=Cc3ccc(C)cc3)C(=O)N2C)cc1. The van der Waals surface area contributed by atoms with E-state index in [0.29, 0.717) is 27.9 Å². The third-order valence-electron chi connectivity index (χ3n) is 3.98. The van der Waals surface area contributed by atoms with Crippen molar-refractivity contribution >= 4 is 40.6 Å². The van der Waals surface area contributed by atoms with Gasteiger partial charge in [0.1, 0.15) is 0 Å². The Morgan fingerprint density at radius 2 is 1.81 bits per heavy atom. The fourth-order valence-corrected chi connectivity index (χ4v) is 3.45. The minimum Gasteiger partial charge on any atom is -0.462 e. The van der Waals surface area contributed by atoms with Crippen LogP contribution in [0, 0.1) is 6.92 Å². The number of hydrogen-bond donors (Lipinski definition) is 0. The molecule has 2 aromatic carbocycles. The number of aryl methyl sites for hydroxylation is 1. The van der Waals surface area contributed by atoms with E-state index in [2.05, 4.69) is 4.99 Å². The Kier molecular flexibility index (Phi) is 5.76. The van der Waals surface area contributed by atoms with Gasteiger partial charge in [-0.2, -0.15) is 0 Å². The van der Waals surface area contributed by atoms with Gasteiger partial charge >= 0.3 is 5.97 Å². The molecule has 138 valence electrons. The molecule has 1 amide bonds. The number of rotatable bonds is 4. The van der Waals surface area contributed by atoms with Gasteiger partial charge in [0.25, 0.3) is 5.91 Å². The van der Waals surface area contributed by atoms with Crippen LogP contribution in [0.15, 0.2) is 58.4 Å². The number of carbonyl (C=O) groups excluding carboxylic acids is 2. The van der Waals surface area contributed by atoms with Gasteiger partial charge in [0.05, 0.1) is 22.8 Å². The lowest BCUT2D eigenvalue weighted by Gasteiger charge is -2.07. The Labute approximate surface area is 162 Å². The predicted octanol–water partition coefficient (Wildman–Crippen LogP) is 4.41. The van der Waals surface area contributed by atoms with Crippen LogP contribution in [0.2, 0.25) is 0 Å². The molecule has 0 aliphatic carbocycles. The zero-order valence-corrected chi connectivity index (χ0v) is 16.2. The van der Waals surface area contributed by atoms with Crippen LogP contribution in [-0.2, 0) is 9.53 Å². The molecule has 3 rings (SSSR count). The summed E-state index contributed by atoms with van der Waals surface area (Å²) >= 11 is 1.34. The van der Waals surface area contributed by atoms with E-state index in [4.69, 9.17) is 4.74 Å².